The average Bonchev–Trinajstić information content (AvgIpc) is 3.68. The van der Waals surface area contributed by atoms with Crippen molar-refractivity contribution in [2.75, 3.05) is 16.8 Å². The maximum absolute atomic E-state index is 13.3. The average molecular weight is 545 g/mol. The van der Waals surface area contributed by atoms with E-state index in [4.69, 9.17) is 0 Å². The van der Waals surface area contributed by atoms with Crippen LogP contribution in [0.3, 0.4) is 0 Å². The third-order valence-corrected chi connectivity index (χ3v) is 8.70. The van der Waals surface area contributed by atoms with Crippen LogP contribution in [0.25, 0.3) is 10.2 Å². The second kappa shape index (κ2) is 10.3. The standard InChI is InChI=1S/C27H24N6O3S2/c34-24(31-26-29-20-7-1-2-8-21(20)37-26)18-6-3-5-17-10-13-33(15-19(17)18)27-30-23(25(35)36)22(38-27)9-4-12-32-14-11-28-16-32/h1-3,5-8,11,14,16H,4,9-10,12-13,15H2,(H,35,36)(H,29,31,34). The topological polar surface area (TPSA) is 113 Å². The molecule has 1 aliphatic rings. The van der Waals surface area contributed by atoms with Crippen LogP contribution in [0, 0.1) is 0 Å². The van der Waals surface area contributed by atoms with E-state index < -0.39 is 5.97 Å². The van der Waals surface area contributed by atoms with Crippen LogP contribution in [-0.2, 0) is 25.9 Å². The molecule has 3 aromatic heterocycles. The number of carbonyl (C=O) groups is 2. The predicted octanol–water partition coefficient (Wildman–Crippen LogP) is 5.10. The van der Waals surface area contributed by atoms with Crippen LogP contribution in [0.5, 0.6) is 0 Å². The second-order valence-electron chi connectivity index (χ2n) is 9.03. The molecule has 11 heteroatoms. The number of benzene rings is 2. The van der Waals surface area contributed by atoms with Crippen molar-refractivity contribution in [1.82, 2.24) is 19.5 Å². The van der Waals surface area contributed by atoms with Gasteiger partial charge >= 0.3 is 5.97 Å². The SMILES string of the molecule is O=C(Nc1nc2ccccc2s1)c1cccc2c1CN(c1nc(C(=O)O)c(CCCn3ccnc3)s1)CC2. The van der Waals surface area contributed by atoms with Gasteiger partial charge in [-0.25, -0.2) is 19.7 Å². The van der Waals surface area contributed by atoms with Gasteiger partial charge in [0, 0.05) is 42.5 Å². The zero-order chi connectivity index (χ0) is 26.1. The minimum Gasteiger partial charge on any atom is -0.476 e. The van der Waals surface area contributed by atoms with Crippen LogP contribution in [-0.4, -0.2) is 43.0 Å². The third kappa shape index (κ3) is 4.90. The van der Waals surface area contributed by atoms with E-state index >= 15 is 0 Å². The molecule has 2 aromatic carbocycles. The highest BCUT2D eigenvalue weighted by molar-refractivity contribution is 7.22. The van der Waals surface area contributed by atoms with E-state index in [9.17, 15) is 14.7 Å². The summed E-state index contributed by atoms with van der Waals surface area (Å²) in [7, 11) is 0. The highest BCUT2D eigenvalue weighted by Crippen LogP contribution is 2.33. The predicted molar refractivity (Wildman–Crippen MR) is 148 cm³/mol. The van der Waals surface area contributed by atoms with Crippen molar-refractivity contribution < 1.29 is 14.7 Å². The van der Waals surface area contributed by atoms with Gasteiger partial charge in [-0.2, -0.15) is 0 Å². The smallest absolute Gasteiger partial charge is 0.355 e. The molecule has 0 spiro atoms. The molecular weight excluding hydrogens is 520 g/mol. The van der Waals surface area contributed by atoms with E-state index in [1.54, 1.807) is 12.5 Å². The molecule has 1 aliphatic heterocycles. The quantitative estimate of drug-likeness (QED) is 0.280. The van der Waals surface area contributed by atoms with Gasteiger partial charge in [-0.05, 0) is 48.6 Å². The maximum Gasteiger partial charge on any atom is 0.355 e. The van der Waals surface area contributed by atoms with E-state index in [0.717, 1.165) is 45.6 Å². The summed E-state index contributed by atoms with van der Waals surface area (Å²) >= 11 is 2.87. The minimum absolute atomic E-state index is 0.114. The lowest BCUT2D eigenvalue weighted by molar-refractivity contribution is 0.0690. The Morgan fingerprint density at radius 2 is 1.97 bits per heavy atom. The summed E-state index contributed by atoms with van der Waals surface area (Å²) in [6.07, 6.45) is 7.54. The molecule has 0 saturated carbocycles. The number of aryl methyl sites for hydroxylation is 2. The highest BCUT2D eigenvalue weighted by atomic mass is 32.1. The van der Waals surface area contributed by atoms with Crippen LogP contribution in [0.2, 0.25) is 0 Å². The van der Waals surface area contributed by atoms with E-state index in [1.165, 1.54) is 22.7 Å². The molecule has 192 valence electrons. The van der Waals surface area contributed by atoms with Gasteiger partial charge < -0.3 is 14.6 Å². The second-order valence-corrected chi connectivity index (χ2v) is 11.1. The fraction of sp³-hybridized carbons (Fsp3) is 0.222. The summed E-state index contributed by atoms with van der Waals surface area (Å²) in [5.74, 6) is -1.22. The Hall–Kier alpha value is -4.09. The molecule has 0 aliphatic carbocycles. The number of anilines is 2. The van der Waals surface area contributed by atoms with Gasteiger partial charge in [0.25, 0.3) is 5.91 Å². The minimum atomic E-state index is -1.02. The van der Waals surface area contributed by atoms with Crippen molar-refractivity contribution in [3.05, 3.63) is 88.4 Å². The summed E-state index contributed by atoms with van der Waals surface area (Å²) in [4.78, 5) is 41.2. The Kier molecular flexibility index (Phi) is 6.61. The summed E-state index contributed by atoms with van der Waals surface area (Å²) < 4.78 is 2.99. The zero-order valence-electron chi connectivity index (χ0n) is 20.3. The number of fused-ring (bicyclic) bond motifs is 2. The van der Waals surface area contributed by atoms with Gasteiger partial charge in [-0.1, -0.05) is 35.6 Å². The Morgan fingerprint density at radius 3 is 2.79 bits per heavy atom. The Balaban J connectivity index is 1.21. The number of carboxylic acid groups (broad SMARTS) is 1. The summed E-state index contributed by atoms with van der Waals surface area (Å²) in [5, 5.41) is 14.0. The van der Waals surface area contributed by atoms with Crippen LogP contribution >= 0.6 is 22.7 Å². The van der Waals surface area contributed by atoms with Crippen molar-refractivity contribution in [1.29, 1.82) is 0 Å². The lowest BCUT2D eigenvalue weighted by Gasteiger charge is -2.29. The molecular formula is C27H24N6O3S2. The van der Waals surface area contributed by atoms with E-state index in [-0.39, 0.29) is 11.6 Å². The van der Waals surface area contributed by atoms with Gasteiger partial charge in [0.15, 0.2) is 16.0 Å². The number of hydrogen-bond donors (Lipinski definition) is 2. The molecule has 6 rings (SSSR count). The van der Waals surface area contributed by atoms with Gasteiger partial charge in [-0.3, -0.25) is 10.1 Å². The molecule has 0 fully saturated rings. The van der Waals surface area contributed by atoms with Gasteiger partial charge in [0.2, 0.25) is 0 Å². The fourth-order valence-electron chi connectivity index (χ4n) is 4.70. The lowest BCUT2D eigenvalue weighted by Crippen LogP contribution is -2.32. The fourth-order valence-corrected chi connectivity index (χ4v) is 6.68. The van der Waals surface area contributed by atoms with E-state index in [2.05, 4.69) is 25.2 Å². The maximum atomic E-state index is 13.3. The first kappa shape index (κ1) is 24.3. The zero-order valence-corrected chi connectivity index (χ0v) is 22.0. The molecule has 38 heavy (non-hydrogen) atoms. The molecule has 0 bridgehead atoms. The first-order valence-electron chi connectivity index (χ1n) is 12.3. The summed E-state index contributed by atoms with van der Waals surface area (Å²) in [5.41, 5.74) is 3.62. The lowest BCUT2D eigenvalue weighted by atomic mass is 9.94. The van der Waals surface area contributed by atoms with E-state index in [1.807, 2.05) is 53.2 Å². The number of aromatic nitrogens is 4. The molecule has 0 radical (unpaired) electrons. The number of hydrogen-bond acceptors (Lipinski definition) is 8. The number of carbonyl (C=O) groups excluding carboxylic acids is 1. The molecule has 0 unspecified atom stereocenters. The Bertz CT molecular complexity index is 1590. The van der Waals surface area contributed by atoms with Crippen molar-refractivity contribution in [2.45, 2.75) is 32.4 Å². The first-order chi connectivity index (χ1) is 18.5. The van der Waals surface area contributed by atoms with Crippen LogP contribution in [0.4, 0.5) is 10.3 Å². The Morgan fingerprint density at radius 1 is 1.08 bits per heavy atom. The van der Waals surface area contributed by atoms with E-state index in [0.29, 0.717) is 35.3 Å². The van der Waals surface area contributed by atoms with Gasteiger partial charge in [-0.15, -0.1) is 11.3 Å². The van der Waals surface area contributed by atoms with Gasteiger partial charge in [0.05, 0.1) is 16.5 Å². The summed E-state index contributed by atoms with van der Waals surface area (Å²) in [6, 6.07) is 13.6. The molecule has 4 heterocycles. The van der Waals surface area contributed by atoms with Crippen molar-refractivity contribution >= 4 is 55.0 Å². The number of thiazole rings is 2. The van der Waals surface area contributed by atoms with Crippen LogP contribution in [0.15, 0.2) is 61.2 Å². The van der Waals surface area contributed by atoms with Crippen molar-refractivity contribution in [3.8, 4) is 0 Å². The molecule has 0 saturated heterocycles. The molecule has 1 amide bonds. The van der Waals surface area contributed by atoms with Crippen molar-refractivity contribution in [3.63, 3.8) is 0 Å². The Labute approximate surface area is 226 Å². The number of carboxylic acids is 1. The molecule has 9 nitrogen and oxygen atoms in total. The normalized spacial score (nSPS) is 13.0. The van der Waals surface area contributed by atoms with Crippen LogP contribution < -0.4 is 10.2 Å². The molecule has 5 aromatic rings. The number of para-hydroxylation sites is 1. The molecule has 2 N–H and O–H groups in total. The number of amides is 1. The van der Waals surface area contributed by atoms with Gasteiger partial charge in [0.1, 0.15) is 0 Å². The van der Waals surface area contributed by atoms with Crippen LogP contribution in [0.1, 0.15) is 43.3 Å². The number of nitrogens with one attached hydrogen (secondary N) is 1. The number of nitrogens with zero attached hydrogens (tertiary/aromatic N) is 5. The number of imidazole rings is 1. The summed E-state index contributed by atoms with van der Waals surface area (Å²) in [6.45, 7) is 1.95. The first-order valence-corrected chi connectivity index (χ1v) is 13.9. The molecule has 0 atom stereocenters. The number of aromatic carboxylic acids is 1. The number of rotatable bonds is 8. The monoisotopic (exact) mass is 544 g/mol. The highest BCUT2D eigenvalue weighted by Gasteiger charge is 2.26. The van der Waals surface area contributed by atoms with Crippen molar-refractivity contribution in [2.24, 2.45) is 0 Å². The third-order valence-electron chi connectivity index (χ3n) is 6.57. The largest absolute Gasteiger partial charge is 0.476 e.